The number of amides is 1. The van der Waals surface area contributed by atoms with Gasteiger partial charge in [0, 0.05) is 12.3 Å². The Morgan fingerprint density at radius 2 is 1.96 bits per heavy atom. The van der Waals surface area contributed by atoms with Crippen LogP contribution in [0.25, 0.3) is 0 Å². The maximum absolute atomic E-state index is 12.2. The summed E-state index contributed by atoms with van der Waals surface area (Å²) in [6, 6.07) is 18.1. The van der Waals surface area contributed by atoms with Crippen molar-refractivity contribution in [2.24, 2.45) is 4.99 Å². The van der Waals surface area contributed by atoms with Crippen molar-refractivity contribution in [1.82, 2.24) is 5.32 Å². The van der Waals surface area contributed by atoms with Crippen LogP contribution in [0.5, 0.6) is 0 Å². The van der Waals surface area contributed by atoms with Crippen LogP contribution in [0.2, 0.25) is 0 Å². The summed E-state index contributed by atoms with van der Waals surface area (Å²) in [5.41, 5.74) is 3.38. The molecule has 0 unspecified atom stereocenters. The van der Waals surface area contributed by atoms with Crippen LogP contribution >= 0.6 is 23.5 Å². The van der Waals surface area contributed by atoms with E-state index in [0.29, 0.717) is 6.54 Å². The zero-order chi connectivity index (χ0) is 16.1. The third-order valence-corrected chi connectivity index (χ3v) is 5.81. The van der Waals surface area contributed by atoms with Crippen LogP contribution in [0, 0.1) is 0 Å². The summed E-state index contributed by atoms with van der Waals surface area (Å²) >= 11 is 3.23. The highest BCUT2D eigenvalue weighted by molar-refractivity contribution is 8.39. The number of hydrogen-bond acceptors (Lipinski definition) is 4. The van der Waals surface area contributed by atoms with E-state index < -0.39 is 0 Å². The van der Waals surface area contributed by atoms with Crippen LogP contribution in [-0.2, 0) is 17.1 Å². The first kappa shape index (κ1) is 16.1. The Hall–Kier alpha value is -1.72. The van der Waals surface area contributed by atoms with Crippen LogP contribution in [0.3, 0.4) is 0 Å². The highest BCUT2D eigenvalue weighted by Gasteiger charge is 2.19. The number of fused-ring (bicyclic) bond motifs is 1. The first-order valence-corrected chi connectivity index (χ1v) is 9.36. The van der Waals surface area contributed by atoms with Crippen LogP contribution in [-0.4, -0.2) is 15.5 Å². The fourth-order valence-corrected chi connectivity index (χ4v) is 4.42. The number of aliphatic imine (C=N–C) groups is 1. The van der Waals surface area contributed by atoms with Gasteiger partial charge in [0.05, 0.1) is 10.9 Å². The van der Waals surface area contributed by atoms with Crippen molar-refractivity contribution < 1.29 is 4.79 Å². The minimum absolute atomic E-state index is 0.0426. The van der Waals surface area contributed by atoms with E-state index in [1.807, 2.05) is 55.5 Å². The van der Waals surface area contributed by atoms with E-state index in [1.54, 1.807) is 11.8 Å². The maximum atomic E-state index is 12.2. The molecule has 5 heteroatoms. The van der Waals surface area contributed by atoms with Gasteiger partial charge < -0.3 is 5.32 Å². The summed E-state index contributed by atoms with van der Waals surface area (Å²) in [5.74, 6) is 0.960. The molecule has 1 amide bonds. The van der Waals surface area contributed by atoms with Gasteiger partial charge in [-0.2, -0.15) is 0 Å². The van der Waals surface area contributed by atoms with Gasteiger partial charge in [-0.25, -0.2) is 4.99 Å². The summed E-state index contributed by atoms with van der Waals surface area (Å²) in [6.07, 6.45) is 0. The molecule has 2 aromatic rings. The van der Waals surface area contributed by atoms with E-state index >= 15 is 0 Å². The predicted molar refractivity (Wildman–Crippen MR) is 100 cm³/mol. The largest absolute Gasteiger partial charge is 0.351 e. The van der Waals surface area contributed by atoms with E-state index in [1.165, 1.54) is 17.3 Å². The van der Waals surface area contributed by atoms with Crippen molar-refractivity contribution in [1.29, 1.82) is 0 Å². The lowest BCUT2D eigenvalue weighted by atomic mass is 10.2. The van der Waals surface area contributed by atoms with E-state index in [2.05, 4.69) is 16.4 Å². The number of thioether (sulfide) groups is 2. The Balaban J connectivity index is 1.56. The van der Waals surface area contributed by atoms with Crippen molar-refractivity contribution in [2.45, 2.75) is 24.5 Å². The maximum Gasteiger partial charge on any atom is 0.233 e. The second kappa shape index (κ2) is 7.70. The molecular formula is C18H18N2OS2. The number of benzene rings is 2. The van der Waals surface area contributed by atoms with E-state index in [-0.39, 0.29) is 11.2 Å². The Morgan fingerprint density at radius 1 is 1.22 bits per heavy atom. The molecule has 0 fully saturated rings. The molecule has 1 aliphatic heterocycles. The number of carbonyl (C=O) groups excluding carboxylic acids is 1. The molecule has 0 aromatic heterocycles. The number of hydrogen-bond donors (Lipinski definition) is 1. The Labute approximate surface area is 145 Å². The third-order valence-electron chi connectivity index (χ3n) is 3.51. The minimum atomic E-state index is -0.157. The summed E-state index contributed by atoms with van der Waals surface area (Å²) in [6.45, 7) is 2.49. The zero-order valence-electron chi connectivity index (χ0n) is 12.9. The fraction of sp³-hybridized carbons (Fsp3) is 0.222. The summed E-state index contributed by atoms with van der Waals surface area (Å²) in [4.78, 5) is 16.9. The molecule has 0 saturated carbocycles. The molecule has 0 bridgehead atoms. The van der Waals surface area contributed by atoms with Gasteiger partial charge in [-0.1, -0.05) is 72.1 Å². The highest BCUT2D eigenvalue weighted by atomic mass is 32.2. The van der Waals surface area contributed by atoms with Gasteiger partial charge in [-0.15, -0.1) is 0 Å². The molecule has 118 valence electrons. The van der Waals surface area contributed by atoms with Gasteiger partial charge in [-0.3, -0.25) is 4.79 Å². The molecule has 0 aliphatic carbocycles. The number of nitrogens with zero attached hydrogens (tertiary/aromatic N) is 1. The number of carbonyl (C=O) groups is 1. The van der Waals surface area contributed by atoms with Gasteiger partial charge in [0.15, 0.2) is 0 Å². The van der Waals surface area contributed by atoms with E-state index in [0.717, 1.165) is 21.4 Å². The molecule has 23 heavy (non-hydrogen) atoms. The average Bonchev–Trinajstić information content (AvgIpc) is 2.60. The quantitative estimate of drug-likeness (QED) is 0.897. The summed E-state index contributed by atoms with van der Waals surface area (Å²) < 4.78 is 0.964. The summed E-state index contributed by atoms with van der Waals surface area (Å²) in [5, 5.41) is 2.83. The minimum Gasteiger partial charge on any atom is -0.351 e. The van der Waals surface area contributed by atoms with E-state index in [9.17, 15) is 4.79 Å². The van der Waals surface area contributed by atoms with Gasteiger partial charge in [0.1, 0.15) is 4.38 Å². The Kier molecular flexibility index (Phi) is 5.41. The number of para-hydroxylation sites is 1. The number of rotatable bonds is 4. The molecule has 3 nitrogen and oxygen atoms in total. The molecule has 0 spiro atoms. The van der Waals surface area contributed by atoms with Crippen molar-refractivity contribution in [3.63, 3.8) is 0 Å². The smallest absolute Gasteiger partial charge is 0.233 e. The topological polar surface area (TPSA) is 41.5 Å². The van der Waals surface area contributed by atoms with Gasteiger partial charge in [0.25, 0.3) is 0 Å². The van der Waals surface area contributed by atoms with Crippen LogP contribution in [0.15, 0.2) is 59.6 Å². The van der Waals surface area contributed by atoms with Crippen molar-refractivity contribution >= 4 is 39.5 Å². The lowest BCUT2D eigenvalue weighted by molar-refractivity contribution is -0.120. The highest BCUT2D eigenvalue weighted by Crippen LogP contribution is 2.35. The molecular weight excluding hydrogens is 324 g/mol. The van der Waals surface area contributed by atoms with Crippen LogP contribution < -0.4 is 5.32 Å². The fourth-order valence-electron chi connectivity index (χ4n) is 2.21. The lowest BCUT2D eigenvalue weighted by Gasteiger charge is -2.17. The monoisotopic (exact) mass is 342 g/mol. The second-order valence-electron chi connectivity index (χ2n) is 5.26. The lowest BCUT2D eigenvalue weighted by Crippen LogP contribution is -2.31. The van der Waals surface area contributed by atoms with Gasteiger partial charge in [0.2, 0.25) is 5.91 Å². The van der Waals surface area contributed by atoms with Gasteiger partial charge >= 0.3 is 0 Å². The number of nitrogens with one attached hydrogen (secondary N) is 1. The van der Waals surface area contributed by atoms with Crippen LogP contribution in [0.1, 0.15) is 18.1 Å². The third kappa shape index (κ3) is 4.39. The van der Waals surface area contributed by atoms with Gasteiger partial charge in [-0.05, 0) is 24.1 Å². The van der Waals surface area contributed by atoms with Crippen molar-refractivity contribution in [3.05, 3.63) is 65.7 Å². The molecule has 1 atom stereocenters. The van der Waals surface area contributed by atoms with Crippen molar-refractivity contribution in [2.75, 3.05) is 0 Å². The SMILES string of the molecule is C[C@@H](SC1=Nc2ccccc2CS1)C(=O)NCc1ccccc1. The molecule has 1 heterocycles. The first-order chi connectivity index (χ1) is 11.2. The molecule has 1 N–H and O–H groups in total. The van der Waals surface area contributed by atoms with Crippen LogP contribution in [0.4, 0.5) is 5.69 Å². The molecule has 0 saturated heterocycles. The van der Waals surface area contributed by atoms with E-state index in [4.69, 9.17) is 0 Å². The van der Waals surface area contributed by atoms with Crippen molar-refractivity contribution in [3.8, 4) is 0 Å². The Bertz CT molecular complexity index is 716. The molecule has 2 aromatic carbocycles. The molecule has 3 rings (SSSR count). The normalized spacial score (nSPS) is 14.6. The Morgan fingerprint density at radius 3 is 2.78 bits per heavy atom. The average molecular weight is 342 g/mol. The molecule has 0 radical (unpaired) electrons. The second-order valence-corrected chi connectivity index (χ2v) is 7.81. The standard InChI is InChI=1S/C18H18N2OS2/c1-13(17(21)19-11-14-7-3-2-4-8-14)23-18-20-16-10-6-5-9-15(16)12-22-18/h2-10,13H,11-12H2,1H3,(H,19,21)/t13-/m1/s1. The zero-order valence-corrected chi connectivity index (χ0v) is 14.5. The summed E-state index contributed by atoms with van der Waals surface area (Å²) in [7, 11) is 0. The predicted octanol–water partition coefficient (Wildman–Crippen LogP) is 4.36. The first-order valence-electron chi connectivity index (χ1n) is 7.50. The molecule has 1 aliphatic rings.